The van der Waals surface area contributed by atoms with Gasteiger partial charge in [0.05, 0.1) is 10.2 Å². The van der Waals surface area contributed by atoms with Gasteiger partial charge < -0.3 is 10.2 Å². The number of hydrogen-bond donors (Lipinski definition) is 1. The summed E-state index contributed by atoms with van der Waals surface area (Å²) in [6.45, 7) is 2.36. The maximum atomic E-state index is 12.7. The van der Waals surface area contributed by atoms with Crippen LogP contribution < -0.4 is 5.32 Å². The zero-order chi connectivity index (χ0) is 20.8. The summed E-state index contributed by atoms with van der Waals surface area (Å²) in [5.41, 5.74) is 3.02. The van der Waals surface area contributed by atoms with Gasteiger partial charge in [-0.2, -0.15) is 0 Å². The lowest BCUT2D eigenvalue weighted by Gasteiger charge is -2.16. The summed E-state index contributed by atoms with van der Waals surface area (Å²) in [5.74, 6) is -0.219. The summed E-state index contributed by atoms with van der Waals surface area (Å²) < 4.78 is 1.06. The van der Waals surface area contributed by atoms with Gasteiger partial charge in [0, 0.05) is 25.5 Å². The van der Waals surface area contributed by atoms with E-state index in [1.807, 2.05) is 42.5 Å². The van der Waals surface area contributed by atoms with E-state index in [1.165, 1.54) is 16.9 Å². The molecule has 0 spiro atoms. The van der Waals surface area contributed by atoms with E-state index in [0.717, 1.165) is 29.7 Å². The van der Waals surface area contributed by atoms with Crippen molar-refractivity contribution >= 4 is 27.5 Å². The van der Waals surface area contributed by atoms with Crippen molar-refractivity contribution in [1.29, 1.82) is 0 Å². The number of carbonyl (C=O) groups excluding carboxylic acids is 1. The van der Waals surface area contributed by atoms with Gasteiger partial charge >= 0.3 is 0 Å². The summed E-state index contributed by atoms with van der Waals surface area (Å²) in [5, 5.41) is 3.68. The third kappa shape index (κ3) is 4.87. The van der Waals surface area contributed by atoms with Gasteiger partial charge in [0.25, 0.3) is 5.91 Å². The van der Waals surface area contributed by atoms with Crippen LogP contribution in [0, 0.1) is 0 Å². The van der Waals surface area contributed by atoms with Gasteiger partial charge in [-0.05, 0) is 37.7 Å². The minimum atomic E-state index is -0.219. The summed E-state index contributed by atoms with van der Waals surface area (Å²) in [4.78, 5) is 28.3. The molecule has 0 saturated heterocycles. The van der Waals surface area contributed by atoms with Gasteiger partial charge in [-0.25, -0.2) is 15.0 Å². The molecule has 0 aliphatic heterocycles. The van der Waals surface area contributed by atoms with Crippen molar-refractivity contribution in [2.45, 2.75) is 13.0 Å². The lowest BCUT2D eigenvalue weighted by molar-refractivity contribution is 0.0947. The lowest BCUT2D eigenvalue weighted by atomic mass is 10.2. The molecule has 6 nitrogen and oxygen atoms in total. The van der Waals surface area contributed by atoms with E-state index in [2.05, 4.69) is 44.3 Å². The molecule has 7 heteroatoms. The van der Waals surface area contributed by atoms with Crippen LogP contribution in [0.25, 0.3) is 20.9 Å². The third-order valence-corrected chi connectivity index (χ3v) is 5.75. The van der Waals surface area contributed by atoms with Crippen LogP contribution in [-0.4, -0.2) is 45.9 Å². The number of carbonyl (C=O) groups is 1. The number of para-hydroxylation sites is 1. The second kappa shape index (κ2) is 9.56. The van der Waals surface area contributed by atoms with Crippen LogP contribution in [0.15, 0.2) is 67.0 Å². The topological polar surface area (TPSA) is 71.0 Å². The van der Waals surface area contributed by atoms with Gasteiger partial charge in [-0.3, -0.25) is 4.79 Å². The largest absolute Gasteiger partial charge is 0.351 e. The second-order valence-corrected chi connectivity index (χ2v) is 8.10. The number of nitrogens with zero attached hydrogens (tertiary/aromatic N) is 4. The van der Waals surface area contributed by atoms with E-state index >= 15 is 0 Å². The van der Waals surface area contributed by atoms with E-state index in [1.54, 1.807) is 12.4 Å². The van der Waals surface area contributed by atoms with E-state index in [4.69, 9.17) is 0 Å². The molecule has 0 atom stereocenters. The molecule has 0 saturated carbocycles. The first kappa shape index (κ1) is 20.1. The lowest BCUT2D eigenvalue weighted by Crippen LogP contribution is -2.29. The van der Waals surface area contributed by atoms with Crippen LogP contribution in [0.2, 0.25) is 0 Å². The first-order valence-corrected chi connectivity index (χ1v) is 10.7. The van der Waals surface area contributed by atoms with Crippen molar-refractivity contribution in [3.05, 3.63) is 78.2 Å². The molecule has 4 rings (SSSR count). The van der Waals surface area contributed by atoms with Gasteiger partial charge in [0.15, 0.2) is 5.69 Å². The number of amides is 1. The minimum Gasteiger partial charge on any atom is -0.351 e. The molecule has 0 radical (unpaired) electrons. The number of fused-ring (bicyclic) bond motifs is 1. The third-order valence-electron chi connectivity index (χ3n) is 4.71. The van der Waals surface area contributed by atoms with Crippen LogP contribution in [0.3, 0.4) is 0 Å². The van der Waals surface area contributed by atoms with Crippen molar-refractivity contribution in [1.82, 2.24) is 25.2 Å². The predicted octanol–water partition coefficient (Wildman–Crippen LogP) is 4.01. The molecule has 4 aromatic rings. The molecule has 0 aliphatic carbocycles. The van der Waals surface area contributed by atoms with Crippen LogP contribution in [-0.2, 0) is 6.54 Å². The Morgan fingerprint density at radius 2 is 1.80 bits per heavy atom. The van der Waals surface area contributed by atoms with Crippen LogP contribution >= 0.6 is 11.3 Å². The smallest absolute Gasteiger partial charge is 0.272 e. The highest BCUT2D eigenvalue weighted by Gasteiger charge is 2.18. The van der Waals surface area contributed by atoms with Gasteiger partial charge in [-0.15, -0.1) is 11.3 Å². The summed E-state index contributed by atoms with van der Waals surface area (Å²) in [6, 6.07) is 18.3. The zero-order valence-electron chi connectivity index (χ0n) is 16.8. The van der Waals surface area contributed by atoms with Crippen molar-refractivity contribution < 1.29 is 4.79 Å². The summed E-state index contributed by atoms with van der Waals surface area (Å²) in [6.07, 6.45) is 3.99. The van der Waals surface area contributed by atoms with E-state index in [9.17, 15) is 4.79 Å². The molecule has 0 fully saturated rings. The normalized spacial score (nSPS) is 11.1. The van der Waals surface area contributed by atoms with E-state index < -0.39 is 0 Å². The molecule has 0 aliphatic rings. The van der Waals surface area contributed by atoms with Crippen molar-refractivity contribution in [2.24, 2.45) is 0 Å². The first-order chi connectivity index (χ1) is 14.7. The molecular formula is C23H23N5OS. The molecule has 0 unspecified atom stereocenters. The number of hydrogen-bond acceptors (Lipinski definition) is 6. The highest BCUT2D eigenvalue weighted by Crippen LogP contribution is 2.29. The molecule has 1 amide bonds. The van der Waals surface area contributed by atoms with Crippen molar-refractivity contribution in [2.75, 3.05) is 20.1 Å². The fourth-order valence-corrected chi connectivity index (χ4v) is 4.21. The number of rotatable bonds is 8. The molecule has 30 heavy (non-hydrogen) atoms. The number of thiazole rings is 1. The molecule has 2 aromatic carbocycles. The van der Waals surface area contributed by atoms with E-state index in [0.29, 0.717) is 22.9 Å². The fourth-order valence-electron chi connectivity index (χ4n) is 3.24. The number of nitrogens with one attached hydrogen (secondary N) is 1. The fraction of sp³-hybridized carbons (Fsp3) is 0.217. The molecule has 1 N–H and O–H groups in total. The molecule has 0 bridgehead atoms. The Bertz CT molecular complexity index is 1100. The zero-order valence-corrected chi connectivity index (χ0v) is 17.6. The van der Waals surface area contributed by atoms with Gasteiger partial charge in [0.2, 0.25) is 0 Å². The van der Waals surface area contributed by atoms with Crippen molar-refractivity contribution in [3.8, 4) is 10.7 Å². The van der Waals surface area contributed by atoms with Crippen molar-refractivity contribution in [3.63, 3.8) is 0 Å². The monoisotopic (exact) mass is 417 g/mol. The number of benzene rings is 2. The minimum absolute atomic E-state index is 0.219. The Hall–Kier alpha value is -3.16. The van der Waals surface area contributed by atoms with Crippen LogP contribution in [0.5, 0.6) is 0 Å². The molecule has 2 aromatic heterocycles. The molecule has 152 valence electrons. The average Bonchev–Trinajstić information content (AvgIpc) is 3.21. The SMILES string of the molecule is CN(CCCNC(=O)c1nccnc1-c1nc2ccccc2s1)Cc1ccccc1. The highest BCUT2D eigenvalue weighted by atomic mass is 32.1. The Morgan fingerprint density at radius 3 is 2.63 bits per heavy atom. The molecular weight excluding hydrogens is 394 g/mol. The molecule has 2 heterocycles. The van der Waals surface area contributed by atoms with Gasteiger partial charge in [-0.1, -0.05) is 42.5 Å². The first-order valence-electron chi connectivity index (χ1n) is 9.88. The van der Waals surface area contributed by atoms with E-state index in [-0.39, 0.29) is 5.91 Å². The Balaban J connectivity index is 1.35. The second-order valence-electron chi connectivity index (χ2n) is 7.07. The maximum Gasteiger partial charge on any atom is 0.272 e. The Kier molecular flexibility index (Phi) is 6.41. The predicted molar refractivity (Wildman–Crippen MR) is 120 cm³/mol. The highest BCUT2D eigenvalue weighted by molar-refractivity contribution is 7.21. The quantitative estimate of drug-likeness (QED) is 0.439. The number of aromatic nitrogens is 3. The van der Waals surface area contributed by atoms with Crippen LogP contribution in [0.4, 0.5) is 0 Å². The Morgan fingerprint density at radius 1 is 1.03 bits per heavy atom. The average molecular weight is 418 g/mol. The standard InChI is InChI=1S/C23H23N5OS/c1-28(16-17-8-3-2-4-9-17)15-7-12-26-22(29)20-21(25-14-13-24-20)23-27-18-10-5-6-11-19(18)30-23/h2-6,8-11,13-14H,7,12,15-16H2,1H3,(H,26,29). The Labute approximate surface area is 179 Å². The van der Waals surface area contributed by atoms with Crippen LogP contribution in [0.1, 0.15) is 22.5 Å². The van der Waals surface area contributed by atoms with Gasteiger partial charge in [0.1, 0.15) is 10.7 Å². The summed E-state index contributed by atoms with van der Waals surface area (Å²) >= 11 is 1.51. The maximum absolute atomic E-state index is 12.7. The summed E-state index contributed by atoms with van der Waals surface area (Å²) in [7, 11) is 2.09.